The summed E-state index contributed by atoms with van der Waals surface area (Å²) in [6.45, 7) is 0. The van der Waals surface area contributed by atoms with Crippen molar-refractivity contribution >= 4 is 34.3 Å². The summed E-state index contributed by atoms with van der Waals surface area (Å²) in [5.41, 5.74) is 9.44. The molecule has 1 amide bonds. The molecule has 0 spiro atoms. The minimum Gasteiger partial charge on any atom is -0.504 e. The molecule has 3 aromatic carbocycles. The van der Waals surface area contributed by atoms with Crippen LogP contribution in [0.4, 0.5) is 17.1 Å². The first-order valence-electron chi connectivity index (χ1n) is 9.16. The van der Waals surface area contributed by atoms with E-state index >= 15 is 0 Å². The Labute approximate surface area is 172 Å². The van der Waals surface area contributed by atoms with Gasteiger partial charge in [-0.3, -0.25) is 9.59 Å². The first-order valence-corrected chi connectivity index (χ1v) is 9.16. The molecule has 30 heavy (non-hydrogen) atoms. The molecule has 5 N–H and O–H groups in total. The number of fused-ring (bicyclic) bond motifs is 1. The summed E-state index contributed by atoms with van der Waals surface area (Å²) in [7, 11) is 1.47. The lowest BCUT2D eigenvalue weighted by atomic mass is 9.98. The van der Waals surface area contributed by atoms with Gasteiger partial charge in [0.15, 0.2) is 17.3 Å². The molecule has 0 aromatic heterocycles. The summed E-state index contributed by atoms with van der Waals surface area (Å²) in [6.07, 6.45) is 1.54. The molecule has 150 valence electrons. The molecule has 0 aliphatic carbocycles. The Kier molecular flexibility index (Phi) is 4.85. The first kappa shape index (κ1) is 19.1. The number of nitrogens with two attached hydrogens (primary N) is 1. The van der Waals surface area contributed by atoms with Gasteiger partial charge in [-0.15, -0.1) is 0 Å². The van der Waals surface area contributed by atoms with Crippen molar-refractivity contribution in [3.63, 3.8) is 0 Å². The van der Waals surface area contributed by atoms with Gasteiger partial charge in [0.25, 0.3) is 5.91 Å². The van der Waals surface area contributed by atoms with E-state index in [1.54, 1.807) is 60.8 Å². The fraction of sp³-hybridized carbons (Fsp3) is 0.0435. The van der Waals surface area contributed by atoms with E-state index in [-0.39, 0.29) is 17.4 Å². The normalized spacial score (nSPS) is 13.6. The minimum absolute atomic E-state index is 0.0199. The van der Waals surface area contributed by atoms with Crippen LogP contribution in [0.3, 0.4) is 0 Å². The molecular weight excluding hydrogens is 382 g/mol. The lowest BCUT2D eigenvalue weighted by Crippen LogP contribution is -2.05. The van der Waals surface area contributed by atoms with Crippen molar-refractivity contribution in [2.24, 2.45) is 0 Å². The zero-order valence-electron chi connectivity index (χ0n) is 16.1. The lowest BCUT2D eigenvalue weighted by molar-refractivity contribution is -0.110. The molecule has 0 saturated heterocycles. The van der Waals surface area contributed by atoms with Crippen molar-refractivity contribution in [3.05, 3.63) is 83.6 Å². The maximum absolute atomic E-state index is 12.8. The van der Waals surface area contributed by atoms with Crippen molar-refractivity contribution in [2.45, 2.75) is 0 Å². The van der Waals surface area contributed by atoms with Gasteiger partial charge in [-0.2, -0.15) is 0 Å². The van der Waals surface area contributed by atoms with E-state index in [9.17, 15) is 14.7 Å². The first-order chi connectivity index (χ1) is 14.5. The van der Waals surface area contributed by atoms with Crippen LogP contribution in [-0.4, -0.2) is 23.9 Å². The maximum Gasteiger partial charge on any atom is 0.257 e. The molecule has 3 aromatic rings. The van der Waals surface area contributed by atoms with Crippen LogP contribution in [-0.2, 0) is 4.79 Å². The Balaban J connectivity index is 1.63. The second-order valence-corrected chi connectivity index (χ2v) is 6.75. The number of carbonyl (C=O) groups excluding carboxylic acids is 2. The number of carbonyl (C=O) groups is 2. The standard InChI is InChI=1S/C23H19N3O4/c1-30-21-9-7-16(11-20(21)27)25-12-18-17-10-14(4-8-19(17)26-23(18)29)22(28)13-2-5-15(24)6-3-13/h2-12,25,27H,24H2,1H3,(H,26,29). The molecule has 7 heteroatoms. The van der Waals surface area contributed by atoms with Crippen LogP contribution in [0.15, 0.2) is 66.9 Å². The number of ketones is 1. The fourth-order valence-electron chi connectivity index (χ4n) is 3.21. The van der Waals surface area contributed by atoms with Crippen molar-refractivity contribution in [2.75, 3.05) is 23.5 Å². The van der Waals surface area contributed by atoms with Crippen molar-refractivity contribution in [3.8, 4) is 11.5 Å². The highest BCUT2D eigenvalue weighted by Crippen LogP contribution is 2.34. The van der Waals surface area contributed by atoms with Crippen LogP contribution < -0.4 is 21.1 Å². The zero-order chi connectivity index (χ0) is 21.3. The Morgan fingerprint density at radius 1 is 1.07 bits per heavy atom. The maximum atomic E-state index is 12.8. The Morgan fingerprint density at radius 3 is 2.50 bits per heavy atom. The van der Waals surface area contributed by atoms with Gasteiger partial charge >= 0.3 is 0 Å². The Morgan fingerprint density at radius 2 is 1.80 bits per heavy atom. The van der Waals surface area contributed by atoms with Gasteiger partial charge in [-0.25, -0.2) is 0 Å². The van der Waals surface area contributed by atoms with Crippen molar-refractivity contribution in [1.29, 1.82) is 0 Å². The highest BCUT2D eigenvalue weighted by atomic mass is 16.5. The third kappa shape index (κ3) is 3.56. The minimum atomic E-state index is -0.285. The number of rotatable bonds is 5. The molecule has 7 nitrogen and oxygen atoms in total. The van der Waals surface area contributed by atoms with Gasteiger partial charge in [0.05, 0.1) is 12.7 Å². The largest absolute Gasteiger partial charge is 0.504 e. The second kappa shape index (κ2) is 7.63. The van der Waals surface area contributed by atoms with Gasteiger partial charge in [0.1, 0.15) is 0 Å². The number of amides is 1. The van der Waals surface area contributed by atoms with Crippen LogP contribution in [0.2, 0.25) is 0 Å². The Hall–Kier alpha value is -4.26. The van der Waals surface area contributed by atoms with E-state index in [1.165, 1.54) is 13.2 Å². The van der Waals surface area contributed by atoms with E-state index < -0.39 is 0 Å². The number of phenolic OH excluding ortho intramolecular Hbond substituents is 1. The highest BCUT2D eigenvalue weighted by molar-refractivity contribution is 6.32. The molecular formula is C23H19N3O4. The molecule has 1 heterocycles. The van der Waals surface area contributed by atoms with Crippen LogP contribution in [0, 0.1) is 0 Å². The molecule has 0 atom stereocenters. The molecule has 1 aliphatic heterocycles. The van der Waals surface area contributed by atoms with Gasteiger partial charge in [-0.1, -0.05) is 0 Å². The second-order valence-electron chi connectivity index (χ2n) is 6.75. The van der Waals surface area contributed by atoms with Gasteiger partial charge in [-0.05, 0) is 54.6 Å². The number of methoxy groups -OCH3 is 1. The Bertz CT molecular complexity index is 1180. The topological polar surface area (TPSA) is 114 Å². The van der Waals surface area contributed by atoms with Gasteiger partial charge < -0.3 is 26.2 Å². The molecule has 0 bridgehead atoms. The number of benzene rings is 3. The van der Waals surface area contributed by atoms with E-state index in [2.05, 4.69) is 10.6 Å². The third-order valence-electron chi connectivity index (χ3n) is 4.80. The van der Waals surface area contributed by atoms with Crippen LogP contribution >= 0.6 is 0 Å². The van der Waals surface area contributed by atoms with E-state index in [1.807, 2.05) is 0 Å². The number of ether oxygens (including phenoxy) is 1. The summed E-state index contributed by atoms with van der Waals surface area (Å²) in [5.74, 6) is -0.117. The fourth-order valence-corrected chi connectivity index (χ4v) is 3.21. The van der Waals surface area contributed by atoms with E-state index in [0.29, 0.717) is 45.1 Å². The van der Waals surface area contributed by atoms with Crippen LogP contribution in [0.25, 0.3) is 5.57 Å². The van der Waals surface area contributed by atoms with E-state index in [0.717, 1.165) is 0 Å². The quantitative estimate of drug-likeness (QED) is 0.295. The smallest absolute Gasteiger partial charge is 0.257 e. The number of phenols is 1. The summed E-state index contributed by atoms with van der Waals surface area (Å²) < 4.78 is 5.02. The summed E-state index contributed by atoms with van der Waals surface area (Å²) >= 11 is 0. The van der Waals surface area contributed by atoms with Crippen molar-refractivity contribution in [1.82, 2.24) is 0 Å². The highest BCUT2D eigenvalue weighted by Gasteiger charge is 2.25. The molecule has 0 saturated carbocycles. The van der Waals surface area contributed by atoms with Crippen LogP contribution in [0.5, 0.6) is 11.5 Å². The molecule has 4 rings (SSSR count). The predicted octanol–water partition coefficient (Wildman–Crippen LogP) is 3.62. The molecule has 0 radical (unpaired) electrons. The summed E-state index contributed by atoms with van der Waals surface area (Å²) in [4.78, 5) is 25.2. The van der Waals surface area contributed by atoms with E-state index in [4.69, 9.17) is 10.5 Å². The predicted molar refractivity (Wildman–Crippen MR) is 116 cm³/mol. The van der Waals surface area contributed by atoms with Gasteiger partial charge in [0, 0.05) is 46.0 Å². The molecule has 0 unspecified atom stereocenters. The number of aromatic hydroxyl groups is 1. The zero-order valence-corrected chi connectivity index (χ0v) is 16.1. The van der Waals surface area contributed by atoms with Crippen LogP contribution in [0.1, 0.15) is 21.5 Å². The summed E-state index contributed by atoms with van der Waals surface area (Å²) in [6, 6.07) is 16.6. The average Bonchev–Trinajstić information content (AvgIpc) is 3.06. The monoisotopic (exact) mass is 401 g/mol. The number of hydrogen-bond donors (Lipinski definition) is 4. The molecule has 0 fully saturated rings. The number of hydrogen-bond acceptors (Lipinski definition) is 6. The number of anilines is 3. The number of nitrogen functional groups attached to an aromatic ring is 1. The van der Waals surface area contributed by atoms with Crippen molar-refractivity contribution < 1.29 is 19.4 Å². The average molecular weight is 401 g/mol. The summed E-state index contributed by atoms with van der Waals surface area (Å²) in [5, 5.41) is 15.7. The SMILES string of the molecule is COc1ccc(NC=C2C(=O)Nc3ccc(C(=O)c4ccc(N)cc4)cc32)cc1O. The number of nitrogens with one attached hydrogen (secondary N) is 2. The lowest BCUT2D eigenvalue weighted by Gasteiger charge is -2.07. The van der Waals surface area contributed by atoms with Gasteiger partial charge in [0.2, 0.25) is 0 Å². The third-order valence-corrected chi connectivity index (χ3v) is 4.80. The molecule has 1 aliphatic rings.